The van der Waals surface area contributed by atoms with Gasteiger partial charge in [0.25, 0.3) is 0 Å². The van der Waals surface area contributed by atoms with Crippen LogP contribution in [0.5, 0.6) is 0 Å². The zero-order valence-electron chi connectivity index (χ0n) is 14.5. The Bertz CT molecular complexity index is 753. The number of anilines is 1. The van der Waals surface area contributed by atoms with Gasteiger partial charge in [-0.1, -0.05) is 19.1 Å². The molecular weight excluding hydrogens is 304 g/mol. The lowest BCUT2D eigenvalue weighted by Gasteiger charge is -2.35. The Morgan fingerprint density at radius 3 is 2.79 bits per heavy atom. The van der Waals surface area contributed by atoms with Crippen LogP contribution in [0.25, 0.3) is 5.69 Å². The van der Waals surface area contributed by atoms with E-state index in [0.717, 1.165) is 42.6 Å². The predicted octanol–water partition coefficient (Wildman–Crippen LogP) is 3.35. The summed E-state index contributed by atoms with van der Waals surface area (Å²) in [6.45, 7) is 7.01. The number of nitrogens with zero attached hydrogens (tertiary/aromatic N) is 4. The zero-order valence-corrected chi connectivity index (χ0v) is 14.5. The molecule has 24 heavy (non-hydrogen) atoms. The standard InChI is InChI=1S/C18H24N4O2/c1-4-14-9-5-6-11-21(14)17-16(18(23)24)19-22(20-17)15-10-7-8-12(2)13(15)3/h7-8,10,14H,4-6,9,11H2,1-3H3,(H,23,24)/t14-/m1/s1. The van der Waals surface area contributed by atoms with Crippen molar-refractivity contribution < 1.29 is 9.90 Å². The van der Waals surface area contributed by atoms with Crippen molar-refractivity contribution in [3.63, 3.8) is 0 Å². The summed E-state index contributed by atoms with van der Waals surface area (Å²) in [6.07, 6.45) is 4.30. The van der Waals surface area contributed by atoms with E-state index in [2.05, 4.69) is 22.0 Å². The number of piperidine rings is 1. The van der Waals surface area contributed by atoms with Crippen LogP contribution in [-0.4, -0.2) is 38.7 Å². The Morgan fingerprint density at radius 1 is 1.29 bits per heavy atom. The molecule has 0 radical (unpaired) electrons. The van der Waals surface area contributed by atoms with E-state index in [-0.39, 0.29) is 5.69 Å². The first-order chi connectivity index (χ1) is 11.5. The van der Waals surface area contributed by atoms with Gasteiger partial charge in [-0.25, -0.2) is 4.79 Å². The molecule has 1 aromatic carbocycles. The maximum atomic E-state index is 11.7. The van der Waals surface area contributed by atoms with Crippen LogP contribution in [0.2, 0.25) is 0 Å². The lowest BCUT2D eigenvalue weighted by atomic mass is 10.00. The highest BCUT2D eigenvalue weighted by Crippen LogP contribution is 2.28. The van der Waals surface area contributed by atoms with Crippen molar-refractivity contribution in [3.8, 4) is 5.69 Å². The van der Waals surface area contributed by atoms with Crippen molar-refractivity contribution >= 4 is 11.8 Å². The second kappa shape index (κ2) is 6.63. The van der Waals surface area contributed by atoms with Gasteiger partial charge in [0.05, 0.1) is 5.69 Å². The Balaban J connectivity index is 2.08. The van der Waals surface area contributed by atoms with Gasteiger partial charge in [-0.2, -0.15) is 0 Å². The van der Waals surface area contributed by atoms with Gasteiger partial charge in [0.1, 0.15) is 0 Å². The van der Waals surface area contributed by atoms with E-state index < -0.39 is 5.97 Å². The molecule has 2 heterocycles. The second-order valence-electron chi connectivity index (χ2n) is 6.44. The molecule has 1 saturated heterocycles. The zero-order chi connectivity index (χ0) is 17.3. The topological polar surface area (TPSA) is 71.2 Å². The van der Waals surface area contributed by atoms with Gasteiger partial charge in [0.2, 0.25) is 5.69 Å². The molecule has 128 valence electrons. The van der Waals surface area contributed by atoms with Crippen molar-refractivity contribution in [3.05, 3.63) is 35.0 Å². The summed E-state index contributed by atoms with van der Waals surface area (Å²) < 4.78 is 0. The average molecular weight is 328 g/mol. The molecular formula is C18H24N4O2. The molecule has 1 fully saturated rings. The highest BCUT2D eigenvalue weighted by atomic mass is 16.4. The van der Waals surface area contributed by atoms with E-state index in [9.17, 15) is 9.90 Å². The number of aromatic carboxylic acids is 1. The summed E-state index contributed by atoms with van der Waals surface area (Å²) in [5.41, 5.74) is 3.05. The minimum absolute atomic E-state index is 0.0382. The summed E-state index contributed by atoms with van der Waals surface area (Å²) >= 11 is 0. The third-order valence-corrected chi connectivity index (χ3v) is 4.96. The Labute approximate surface area is 142 Å². The van der Waals surface area contributed by atoms with Gasteiger partial charge in [-0.15, -0.1) is 15.0 Å². The Hall–Kier alpha value is -2.37. The van der Waals surface area contributed by atoms with E-state index >= 15 is 0 Å². The van der Waals surface area contributed by atoms with Crippen LogP contribution in [0, 0.1) is 13.8 Å². The first-order valence-electron chi connectivity index (χ1n) is 8.56. The van der Waals surface area contributed by atoms with Crippen LogP contribution in [0.15, 0.2) is 18.2 Å². The number of rotatable bonds is 4. The fraction of sp³-hybridized carbons (Fsp3) is 0.500. The maximum Gasteiger partial charge on any atom is 0.360 e. The van der Waals surface area contributed by atoms with E-state index in [4.69, 9.17) is 0 Å². The Morgan fingerprint density at radius 2 is 2.08 bits per heavy atom. The minimum Gasteiger partial charge on any atom is -0.476 e. The molecule has 0 bridgehead atoms. The molecule has 3 rings (SSSR count). The molecule has 0 saturated carbocycles. The molecule has 1 aliphatic rings. The fourth-order valence-electron chi connectivity index (χ4n) is 3.39. The Kier molecular flexibility index (Phi) is 4.55. The van der Waals surface area contributed by atoms with Crippen LogP contribution in [0.4, 0.5) is 5.82 Å². The third kappa shape index (κ3) is 2.88. The molecule has 1 N–H and O–H groups in total. The van der Waals surface area contributed by atoms with E-state index in [0.29, 0.717) is 11.9 Å². The number of benzene rings is 1. The van der Waals surface area contributed by atoms with E-state index in [1.54, 1.807) is 0 Å². The summed E-state index contributed by atoms with van der Waals surface area (Å²) in [7, 11) is 0. The van der Waals surface area contributed by atoms with Crippen molar-refractivity contribution in [2.75, 3.05) is 11.4 Å². The van der Waals surface area contributed by atoms with E-state index in [1.165, 1.54) is 11.2 Å². The lowest BCUT2D eigenvalue weighted by Crippen LogP contribution is -2.40. The van der Waals surface area contributed by atoms with Crippen LogP contribution >= 0.6 is 0 Å². The summed E-state index contributed by atoms with van der Waals surface area (Å²) in [4.78, 5) is 15.3. The van der Waals surface area contributed by atoms with E-state index in [1.807, 2.05) is 32.0 Å². The molecule has 1 atom stereocenters. The SMILES string of the molecule is CC[C@@H]1CCCCN1c1nn(-c2cccc(C)c2C)nc1C(=O)O. The number of carbonyl (C=O) groups is 1. The number of hydrogen-bond acceptors (Lipinski definition) is 4. The van der Waals surface area contributed by atoms with Gasteiger partial charge in [0.15, 0.2) is 5.82 Å². The quantitative estimate of drug-likeness (QED) is 0.932. The van der Waals surface area contributed by atoms with Crippen LogP contribution < -0.4 is 4.90 Å². The van der Waals surface area contributed by atoms with Crippen LogP contribution in [-0.2, 0) is 0 Å². The lowest BCUT2D eigenvalue weighted by molar-refractivity contribution is 0.0690. The largest absolute Gasteiger partial charge is 0.476 e. The predicted molar refractivity (Wildman–Crippen MR) is 93.1 cm³/mol. The molecule has 0 aliphatic carbocycles. The summed E-state index contributed by atoms with van der Waals surface area (Å²) in [5, 5.41) is 18.5. The first kappa shape index (κ1) is 16.5. The normalized spacial score (nSPS) is 18.0. The smallest absolute Gasteiger partial charge is 0.360 e. The number of aromatic nitrogens is 3. The average Bonchev–Trinajstić information content (AvgIpc) is 3.02. The van der Waals surface area contributed by atoms with Gasteiger partial charge in [-0.05, 0) is 56.7 Å². The number of carboxylic acids is 1. The molecule has 0 spiro atoms. The van der Waals surface area contributed by atoms with Crippen molar-refractivity contribution in [2.45, 2.75) is 52.5 Å². The molecule has 0 amide bonds. The monoisotopic (exact) mass is 328 g/mol. The van der Waals surface area contributed by atoms with Gasteiger partial charge in [0, 0.05) is 12.6 Å². The second-order valence-corrected chi connectivity index (χ2v) is 6.44. The number of carboxylic acid groups (broad SMARTS) is 1. The molecule has 6 heteroatoms. The van der Waals surface area contributed by atoms with Gasteiger partial charge >= 0.3 is 5.97 Å². The molecule has 0 unspecified atom stereocenters. The fourth-order valence-corrected chi connectivity index (χ4v) is 3.39. The molecule has 6 nitrogen and oxygen atoms in total. The maximum absolute atomic E-state index is 11.7. The van der Waals surface area contributed by atoms with Crippen LogP contribution in [0.3, 0.4) is 0 Å². The highest BCUT2D eigenvalue weighted by molar-refractivity contribution is 5.91. The number of hydrogen-bond donors (Lipinski definition) is 1. The van der Waals surface area contributed by atoms with Crippen molar-refractivity contribution in [2.24, 2.45) is 0 Å². The first-order valence-corrected chi connectivity index (χ1v) is 8.56. The van der Waals surface area contributed by atoms with Crippen molar-refractivity contribution in [1.82, 2.24) is 15.0 Å². The van der Waals surface area contributed by atoms with Gasteiger partial charge < -0.3 is 10.0 Å². The minimum atomic E-state index is -1.03. The summed E-state index contributed by atoms with van der Waals surface area (Å²) in [5.74, 6) is -0.531. The van der Waals surface area contributed by atoms with Crippen LogP contribution in [0.1, 0.15) is 54.2 Å². The third-order valence-electron chi connectivity index (χ3n) is 4.96. The molecule has 1 aliphatic heterocycles. The van der Waals surface area contributed by atoms with Gasteiger partial charge in [-0.3, -0.25) is 0 Å². The number of aryl methyl sites for hydroxylation is 1. The highest BCUT2D eigenvalue weighted by Gasteiger charge is 2.29. The molecule has 1 aromatic heterocycles. The molecule has 2 aromatic rings. The van der Waals surface area contributed by atoms with Crippen molar-refractivity contribution in [1.29, 1.82) is 0 Å². The summed E-state index contributed by atoms with van der Waals surface area (Å²) in [6, 6.07) is 6.22.